The molecular formula is C19H24N6O3. The van der Waals surface area contributed by atoms with Crippen LogP contribution in [-0.2, 0) is 23.2 Å². The summed E-state index contributed by atoms with van der Waals surface area (Å²) in [5, 5.41) is 6.83. The molecular weight excluding hydrogens is 360 g/mol. The van der Waals surface area contributed by atoms with Gasteiger partial charge in [-0.25, -0.2) is 0 Å². The number of benzene rings is 1. The van der Waals surface area contributed by atoms with Gasteiger partial charge in [0.05, 0.1) is 5.69 Å². The highest BCUT2D eigenvalue weighted by Gasteiger charge is 2.44. The summed E-state index contributed by atoms with van der Waals surface area (Å²) >= 11 is 0. The molecule has 1 aromatic carbocycles. The van der Waals surface area contributed by atoms with Gasteiger partial charge < -0.3 is 21.5 Å². The van der Waals surface area contributed by atoms with E-state index in [1.54, 1.807) is 29.1 Å². The predicted octanol–water partition coefficient (Wildman–Crippen LogP) is 0.524. The number of carbonyl (C=O) groups is 2. The number of hydrogen-bond acceptors (Lipinski definition) is 6. The van der Waals surface area contributed by atoms with Gasteiger partial charge in [0.2, 0.25) is 5.91 Å². The Morgan fingerprint density at radius 2 is 2.11 bits per heavy atom. The molecule has 3 rings (SSSR count). The number of carbonyl (C=O) groups excluding carboxylic acids is 2. The molecule has 148 valence electrons. The van der Waals surface area contributed by atoms with E-state index in [2.05, 4.69) is 15.4 Å². The Morgan fingerprint density at radius 1 is 1.36 bits per heavy atom. The maximum Gasteiger partial charge on any atom is 0.270 e. The van der Waals surface area contributed by atoms with Gasteiger partial charge in [-0.2, -0.15) is 5.10 Å². The van der Waals surface area contributed by atoms with E-state index in [9.17, 15) is 9.59 Å². The summed E-state index contributed by atoms with van der Waals surface area (Å²) in [6.07, 6.45) is 3.57. The summed E-state index contributed by atoms with van der Waals surface area (Å²) < 4.78 is 7.51. The van der Waals surface area contributed by atoms with Crippen molar-refractivity contribution < 1.29 is 14.3 Å². The largest absolute Gasteiger partial charge is 0.487 e. The number of nitrogens with two attached hydrogens (primary N) is 2. The topological polar surface area (TPSA) is 138 Å². The molecule has 28 heavy (non-hydrogen) atoms. The fraction of sp³-hybridized carbons (Fsp3) is 0.368. The highest BCUT2D eigenvalue weighted by Crippen LogP contribution is 2.32. The zero-order valence-corrected chi connectivity index (χ0v) is 15.9. The van der Waals surface area contributed by atoms with Crippen molar-refractivity contribution in [2.75, 3.05) is 12.8 Å². The molecule has 9 heteroatoms. The summed E-state index contributed by atoms with van der Waals surface area (Å²) in [6.45, 7) is 0.315. The molecule has 9 nitrogen and oxygen atoms in total. The zero-order chi connectivity index (χ0) is 20.3. The lowest BCUT2D eigenvalue weighted by molar-refractivity contribution is -0.132. The lowest BCUT2D eigenvalue weighted by Crippen LogP contribution is -2.62. The number of aromatic nitrogens is 2. The average Bonchev–Trinajstić information content (AvgIpc) is 3.03. The first kappa shape index (κ1) is 19.4. The number of nitrogens with zero attached hydrogens (tertiary/aromatic N) is 3. The minimum Gasteiger partial charge on any atom is -0.487 e. The first-order valence-corrected chi connectivity index (χ1v) is 8.95. The molecule has 1 aromatic heterocycles. The van der Waals surface area contributed by atoms with Gasteiger partial charge in [-0.05, 0) is 43.5 Å². The Morgan fingerprint density at radius 3 is 2.64 bits per heavy atom. The second kappa shape index (κ2) is 7.71. The average molecular weight is 384 g/mol. The van der Waals surface area contributed by atoms with Crippen LogP contribution in [0.15, 0.2) is 35.5 Å². The highest BCUT2D eigenvalue weighted by molar-refractivity contribution is 6.46. The van der Waals surface area contributed by atoms with Crippen molar-refractivity contribution in [3.63, 3.8) is 0 Å². The van der Waals surface area contributed by atoms with Gasteiger partial charge in [-0.1, -0.05) is 0 Å². The van der Waals surface area contributed by atoms with Crippen LogP contribution < -0.4 is 21.5 Å². The van der Waals surface area contributed by atoms with Crippen LogP contribution in [0.3, 0.4) is 0 Å². The standard InChI is InChI=1S/C19H24N6O3/c1-22-16(17(26)24-19(18(21)27)7-3-8-19)14-10-13(4-5-15(14)20)28-11-12-6-9-23-25(12)2/h4-6,9-10H,3,7-8,11,20H2,1-2H3,(H2,21,27)(H,24,26). The Kier molecular flexibility index (Phi) is 5.34. The number of aliphatic imine (C=N–C) groups is 1. The van der Waals surface area contributed by atoms with E-state index in [0.29, 0.717) is 36.4 Å². The van der Waals surface area contributed by atoms with Gasteiger partial charge in [-0.15, -0.1) is 0 Å². The number of ether oxygens (including phenoxy) is 1. The molecule has 2 aromatic rings. The molecule has 1 heterocycles. The van der Waals surface area contributed by atoms with E-state index in [4.69, 9.17) is 16.2 Å². The number of nitrogen functional groups attached to an aromatic ring is 1. The normalized spacial score (nSPS) is 15.6. The molecule has 1 aliphatic carbocycles. The van der Waals surface area contributed by atoms with Gasteiger partial charge in [-0.3, -0.25) is 19.3 Å². The lowest BCUT2D eigenvalue weighted by Gasteiger charge is -2.39. The number of hydrogen-bond donors (Lipinski definition) is 3. The Labute approximate surface area is 162 Å². The third-order valence-electron chi connectivity index (χ3n) is 5.06. The van der Waals surface area contributed by atoms with Crippen LogP contribution >= 0.6 is 0 Å². The zero-order valence-electron chi connectivity index (χ0n) is 15.9. The summed E-state index contributed by atoms with van der Waals surface area (Å²) in [6, 6.07) is 6.88. The molecule has 0 unspecified atom stereocenters. The van der Waals surface area contributed by atoms with Gasteiger partial charge in [0, 0.05) is 31.5 Å². The van der Waals surface area contributed by atoms with Crippen LogP contribution in [0, 0.1) is 0 Å². The molecule has 2 amide bonds. The Balaban J connectivity index is 1.79. The lowest BCUT2D eigenvalue weighted by atomic mass is 9.76. The summed E-state index contributed by atoms with van der Waals surface area (Å²) in [5.41, 5.74) is 12.4. The van der Waals surface area contributed by atoms with Gasteiger partial charge in [0.1, 0.15) is 23.6 Å². The van der Waals surface area contributed by atoms with Crippen LogP contribution in [0.4, 0.5) is 5.69 Å². The van der Waals surface area contributed by atoms with E-state index in [-0.39, 0.29) is 5.71 Å². The molecule has 1 fully saturated rings. The van der Waals surface area contributed by atoms with E-state index >= 15 is 0 Å². The third-order valence-corrected chi connectivity index (χ3v) is 5.06. The van der Waals surface area contributed by atoms with Crippen molar-refractivity contribution in [3.8, 4) is 5.75 Å². The van der Waals surface area contributed by atoms with Crippen LogP contribution in [0.2, 0.25) is 0 Å². The smallest absolute Gasteiger partial charge is 0.270 e. The van der Waals surface area contributed by atoms with Gasteiger partial charge >= 0.3 is 0 Å². The second-order valence-electron chi connectivity index (χ2n) is 6.81. The number of amides is 2. The number of nitrogens with one attached hydrogen (secondary N) is 1. The van der Waals surface area contributed by atoms with Gasteiger partial charge in [0.15, 0.2) is 0 Å². The maximum absolute atomic E-state index is 12.8. The van der Waals surface area contributed by atoms with Crippen molar-refractivity contribution in [2.24, 2.45) is 17.8 Å². The number of rotatable bonds is 7. The van der Waals surface area contributed by atoms with Crippen molar-refractivity contribution in [1.29, 1.82) is 0 Å². The first-order valence-electron chi connectivity index (χ1n) is 8.95. The van der Waals surface area contributed by atoms with E-state index < -0.39 is 17.4 Å². The quantitative estimate of drug-likeness (QED) is 0.472. The van der Waals surface area contributed by atoms with Crippen LogP contribution in [-0.4, -0.2) is 39.9 Å². The number of anilines is 1. The first-order chi connectivity index (χ1) is 13.4. The minimum atomic E-state index is -1.00. The monoisotopic (exact) mass is 384 g/mol. The number of aryl methyl sites for hydroxylation is 1. The maximum atomic E-state index is 12.8. The van der Waals surface area contributed by atoms with Crippen LogP contribution in [0.25, 0.3) is 0 Å². The Hall–Kier alpha value is -3.36. The molecule has 0 atom stereocenters. The Bertz CT molecular complexity index is 930. The summed E-state index contributed by atoms with van der Waals surface area (Å²) in [5.74, 6) is -0.493. The van der Waals surface area contributed by atoms with E-state index in [1.807, 2.05) is 13.1 Å². The van der Waals surface area contributed by atoms with Gasteiger partial charge in [0.25, 0.3) is 5.91 Å². The molecule has 0 saturated heterocycles. The predicted molar refractivity (Wildman–Crippen MR) is 105 cm³/mol. The van der Waals surface area contributed by atoms with Crippen molar-refractivity contribution in [2.45, 2.75) is 31.4 Å². The van der Waals surface area contributed by atoms with Crippen molar-refractivity contribution in [3.05, 3.63) is 41.7 Å². The van der Waals surface area contributed by atoms with Crippen molar-refractivity contribution in [1.82, 2.24) is 15.1 Å². The molecule has 0 aliphatic heterocycles. The fourth-order valence-electron chi connectivity index (χ4n) is 3.11. The molecule has 1 aliphatic rings. The third kappa shape index (κ3) is 3.68. The second-order valence-corrected chi connectivity index (χ2v) is 6.81. The summed E-state index contributed by atoms with van der Waals surface area (Å²) in [4.78, 5) is 28.6. The molecule has 5 N–H and O–H groups in total. The molecule has 0 spiro atoms. The fourth-order valence-corrected chi connectivity index (χ4v) is 3.11. The number of primary amides is 1. The van der Waals surface area contributed by atoms with E-state index in [1.165, 1.54) is 7.05 Å². The van der Waals surface area contributed by atoms with E-state index in [0.717, 1.165) is 12.1 Å². The molecule has 0 radical (unpaired) electrons. The van der Waals surface area contributed by atoms with Crippen molar-refractivity contribution >= 4 is 23.2 Å². The van der Waals surface area contributed by atoms with Crippen LogP contribution in [0.1, 0.15) is 30.5 Å². The SMILES string of the molecule is CN=C(C(=O)NC1(C(N)=O)CCC1)c1cc(OCc2ccnn2C)ccc1N. The highest BCUT2D eigenvalue weighted by atomic mass is 16.5. The molecule has 0 bridgehead atoms. The van der Waals surface area contributed by atoms with Crippen LogP contribution in [0.5, 0.6) is 5.75 Å². The summed E-state index contributed by atoms with van der Waals surface area (Å²) in [7, 11) is 3.32. The minimum absolute atomic E-state index is 0.121. The molecule has 1 saturated carbocycles.